The summed E-state index contributed by atoms with van der Waals surface area (Å²) < 4.78 is 34.9. The Balaban J connectivity index is 2.34. The van der Waals surface area contributed by atoms with E-state index in [1.165, 1.54) is 30.2 Å². The predicted molar refractivity (Wildman–Crippen MR) is 85.1 cm³/mol. The number of carbonyl (C=O) groups is 2. The molecule has 8 heteroatoms. The first-order valence-corrected chi connectivity index (χ1v) is 7.87. The molecule has 0 spiro atoms. The average Bonchev–Trinajstić information content (AvgIpc) is 3.00. The summed E-state index contributed by atoms with van der Waals surface area (Å²) in [5.74, 6) is -2.03. The number of para-hydroxylation sites is 1. The zero-order valence-corrected chi connectivity index (χ0v) is 14.3. The second kappa shape index (κ2) is 7.25. The summed E-state index contributed by atoms with van der Waals surface area (Å²) in [6, 6.07) is 4.26. The van der Waals surface area contributed by atoms with Crippen molar-refractivity contribution in [1.29, 1.82) is 0 Å². The van der Waals surface area contributed by atoms with Crippen LogP contribution in [0.1, 0.15) is 30.6 Å². The van der Waals surface area contributed by atoms with Gasteiger partial charge in [-0.05, 0) is 24.5 Å². The van der Waals surface area contributed by atoms with Crippen molar-refractivity contribution in [2.45, 2.75) is 26.9 Å². The lowest BCUT2D eigenvalue weighted by atomic mass is 9.76. The van der Waals surface area contributed by atoms with Crippen molar-refractivity contribution < 1.29 is 33.0 Å². The standard InChI is InChI=1S/C17H21F2NO5/c1-10(2)17(15(22)23)7-8-20(9-17)14(21)11-5-4-6-12(24-3)13(11)25-16(18)19/h4-6,10,16H,7-9H2,1-3H3,(H,22,23). The molecule has 1 aromatic carbocycles. The number of carboxylic acids is 1. The molecule has 0 aromatic heterocycles. The first-order valence-electron chi connectivity index (χ1n) is 7.87. The Hall–Kier alpha value is -2.38. The van der Waals surface area contributed by atoms with Gasteiger partial charge in [-0.2, -0.15) is 8.78 Å². The maximum absolute atomic E-state index is 12.8. The third kappa shape index (κ3) is 3.52. The fourth-order valence-electron chi connectivity index (χ4n) is 3.13. The number of aliphatic carboxylic acids is 1. The highest BCUT2D eigenvalue weighted by molar-refractivity contribution is 5.98. The lowest BCUT2D eigenvalue weighted by molar-refractivity contribution is -0.150. The van der Waals surface area contributed by atoms with Crippen LogP contribution in [0, 0.1) is 11.3 Å². The molecule has 138 valence electrons. The smallest absolute Gasteiger partial charge is 0.387 e. The van der Waals surface area contributed by atoms with E-state index in [2.05, 4.69) is 4.74 Å². The summed E-state index contributed by atoms with van der Waals surface area (Å²) in [7, 11) is 1.28. The summed E-state index contributed by atoms with van der Waals surface area (Å²) in [5.41, 5.74) is -1.12. The highest BCUT2D eigenvalue weighted by Gasteiger charge is 2.48. The summed E-state index contributed by atoms with van der Waals surface area (Å²) in [6.45, 7) is 0.715. The second-order valence-corrected chi connectivity index (χ2v) is 6.31. The third-order valence-corrected chi connectivity index (χ3v) is 4.76. The molecule has 0 aliphatic carbocycles. The molecule has 1 amide bonds. The van der Waals surface area contributed by atoms with Gasteiger partial charge in [0.1, 0.15) is 0 Å². The highest BCUT2D eigenvalue weighted by atomic mass is 19.3. The molecule has 1 aliphatic rings. The molecule has 1 heterocycles. The van der Waals surface area contributed by atoms with E-state index in [1.54, 1.807) is 13.8 Å². The van der Waals surface area contributed by atoms with Crippen molar-refractivity contribution in [3.63, 3.8) is 0 Å². The minimum absolute atomic E-state index is 0.0127. The maximum atomic E-state index is 12.8. The van der Waals surface area contributed by atoms with Gasteiger partial charge >= 0.3 is 12.6 Å². The van der Waals surface area contributed by atoms with Crippen molar-refractivity contribution in [2.24, 2.45) is 11.3 Å². The lowest BCUT2D eigenvalue weighted by Crippen LogP contribution is -2.40. The number of benzene rings is 1. The SMILES string of the molecule is COc1cccc(C(=O)N2CCC(C(=O)O)(C(C)C)C2)c1OC(F)F. The van der Waals surface area contributed by atoms with Gasteiger partial charge < -0.3 is 19.5 Å². The Kier molecular flexibility index (Phi) is 5.49. The Morgan fingerprint density at radius 2 is 2.00 bits per heavy atom. The summed E-state index contributed by atoms with van der Waals surface area (Å²) >= 11 is 0. The summed E-state index contributed by atoms with van der Waals surface area (Å²) in [6.07, 6.45) is 0.306. The average molecular weight is 357 g/mol. The topological polar surface area (TPSA) is 76.1 Å². The monoisotopic (exact) mass is 357 g/mol. The number of nitrogens with zero attached hydrogens (tertiary/aromatic N) is 1. The molecule has 2 rings (SSSR count). The van der Waals surface area contributed by atoms with Gasteiger partial charge in [-0.15, -0.1) is 0 Å². The van der Waals surface area contributed by atoms with Gasteiger partial charge in [0.05, 0.1) is 18.1 Å². The molecule has 1 atom stereocenters. The highest BCUT2D eigenvalue weighted by Crippen LogP contribution is 2.40. The first-order chi connectivity index (χ1) is 11.7. The van der Waals surface area contributed by atoms with Gasteiger partial charge in [0, 0.05) is 13.1 Å². The van der Waals surface area contributed by atoms with Crippen LogP contribution < -0.4 is 9.47 Å². The Morgan fingerprint density at radius 1 is 1.32 bits per heavy atom. The zero-order valence-electron chi connectivity index (χ0n) is 14.3. The van der Waals surface area contributed by atoms with Crippen molar-refractivity contribution in [3.05, 3.63) is 23.8 Å². The molecule has 1 N–H and O–H groups in total. The number of halogens is 2. The number of carboxylic acid groups (broad SMARTS) is 1. The second-order valence-electron chi connectivity index (χ2n) is 6.31. The van der Waals surface area contributed by atoms with Crippen LogP contribution in [0.3, 0.4) is 0 Å². The largest absolute Gasteiger partial charge is 0.493 e. The molecule has 0 saturated carbocycles. The molecular weight excluding hydrogens is 336 g/mol. The quantitative estimate of drug-likeness (QED) is 0.847. The van der Waals surface area contributed by atoms with Gasteiger partial charge in [0.25, 0.3) is 5.91 Å². The third-order valence-electron chi connectivity index (χ3n) is 4.76. The minimum Gasteiger partial charge on any atom is -0.493 e. The summed E-state index contributed by atoms with van der Waals surface area (Å²) in [5, 5.41) is 9.58. The van der Waals surface area contributed by atoms with Crippen LogP contribution in [-0.4, -0.2) is 48.7 Å². The molecule has 6 nitrogen and oxygen atoms in total. The van der Waals surface area contributed by atoms with Crippen molar-refractivity contribution in [3.8, 4) is 11.5 Å². The molecule has 25 heavy (non-hydrogen) atoms. The number of amides is 1. The van der Waals surface area contributed by atoms with E-state index in [0.717, 1.165) is 0 Å². The van der Waals surface area contributed by atoms with Crippen LogP contribution in [0.25, 0.3) is 0 Å². The van der Waals surface area contributed by atoms with E-state index in [9.17, 15) is 23.5 Å². The van der Waals surface area contributed by atoms with Gasteiger partial charge in [-0.25, -0.2) is 0 Å². The van der Waals surface area contributed by atoms with Gasteiger partial charge in [0.2, 0.25) is 0 Å². The fourth-order valence-corrected chi connectivity index (χ4v) is 3.13. The van der Waals surface area contributed by atoms with Crippen molar-refractivity contribution >= 4 is 11.9 Å². The van der Waals surface area contributed by atoms with Crippen molar-refractivity contribution in [1.82, 2.24) is 4.90 Å². The number of rotatable bonds is 6. The van der Waals surface area contributed by atoms with Crippen LogP contribution in [0.5, 0.6) is 11.5 Å². The zero-order chi connectivity index (χ0) is 18.8. The number of hydrogen-bond donors (Lipinski definition) is 1. The molecular formula is C17H21F2NO5. The maximum Gasteiger partial charge on any atom is 0.387 e. The Morgan fingerprint density at radius 3 is 2.48 bits per heavy atom. The van der Waals surface area contributed by atoms with E-state index < -0.39 is 23.9 Å². The van der Waals surface area contributed by atoms with Crippen LogP contribution >= 0.6 is 0 Å². The number of likely N-dealkylation sites (tertiary alicyclic amines) is 1. The summed E-state index contributed by atoms with van der Waals surface area (Å²) in [4.78, 5) is 25.9. The van der Waals surface area contributed by atoms with Crippen LogP contribution in [-0.2, 0) is 4.79 Å². The number of carbonyl (C=O) groups excluding carboxylic acids is 1. The number of ether oxygens (including phenoxy) is 2. The predicted octanol–water partition coefficient (Wildman–Crippen LogP) is 2.87. The van der Waals surface area contributed by atoms with Crippen LogP contribution in [0.2, 0.25) is 0 Å². The first kappa shape index (κ1) is 19.0. The van der Waals surface area contributed by atoms with E-state index in [1.807, 2.05) is 0 Å². The van der Waals surface area contributed by atoms with E-state index in [4.69, 9.17) is 4.74 Å². The Labute approximate surface area is 144 Å². The molecule has 1 unspecified atom stereocenters. The van der Waals surface area contributed by atoms with E-state index >= 15 is 0 Å². The number of methoxy groups -OCH3 is 1. The van der Waals surface area contributed by atoms with E-state index in [0.29, 0.717) is 6.42 Å². The fraction of sp³-hybridized carbons (Fsp3) is 0.529. The molecule has 1 saturated heterocycles. The molecule has 1 aromatic rings. The van der Waals surface area contributed by atoms with Gasteiger partial charge in [-0.3, -0.25) is 9.59 Å². The van der Waals surface area contributed by atoms with Crippen molar-refractivity contribution in [2.75, 3.05) is 20.2 Å². The lowest BCUT2D eigenvalue weighted by Gasteiger charge is -2.28. The molecule has 0 radical (unpaired) electrons. The molecule has 1 aliphatic heterocycles. The van der Waals surface area contributed by atoms with Crippen LogP contribution in [0.4, 0.5) is 8.78 Å². The minimum atomic E-state index is -3.12. The van der Waals surface area contributed by atoms with Gasteiger partial charge in [-0.1, -0.05) is 19.9 Å². The number of alkyl halides is 2. The Bertz CT molecular complexity index is 664. The van der Waals surface area contributed by atoms with Gasteiger partial charge in [0.15, 0.2) is 11.5 Å². The van der Waals surface area contributed by atoms with Crippen LogP contribution in [0.15, 0.2) is 18.2 Å². The van der Waals surface area contributed by atoms with E-state index in [-0.39, 0.29) is 36.1 Å². The molecule has 1 fully saturated rings. The number of hydrogen-bond acceptors (Lipinski definition) is 4. The normalized spacial score (nSPS) is 20.2. The molecule has 0 bridgehead atoms.